The van der Waals surface area contributed by atoms with Crippen molar-refractivity contribution in [1.29, 1.82) is 0 Å². The van der Waals surface area contributed by atoms with E-state index >= 15 is 0 Å². The molecule has 0 atom stereocenters. The van der Waals surface area contributed by atoms with Gasteiger partial charge >= 0.3 is 16.5 Å². The molecule has 0 aromatic carbocycles. The van der Waals surface area contributed by atoms with E-state index in [-0.39, 0.29) is 0 Å². The van der Waals surface area contributed by atoms with E-state index in [4.69, 9.17) is 0 Å². The van der Waals surface area contributed by atoms with Gasteiger partial charge in [-0.1, -0.05) is 26.2 Å². The van der Waals surface area contributed by atoms with Gasteiger partial charge in [0.25, 0.3) is 0 Å². The number of nitrogens with one attached hydrogen (secondary N) is 1. The first kappa shape index (κ1) is 8.49. The molecule has 0 aliphatic heterocycles. The monoisotopic (exact) mass is 129 g/mol. The Balaban J connectivity index is 2.53. The molecule has 0 aromatic rings. The minimum atomic E-state index is 1.16. The highest BCUT2D eigenvalue weighted by Gasteiger charge is 1.82. The van der Waals surface area contributed by atoms with Crippen molar-refractivity contribution in [1.82, 2.24) is 4.30 Å². The average Bonchev–Trinajstić information content (AvgIpc) is 1.81. The Bertz CT molecular complexity index is 33.5. The Hall–Kier alpha value is 0.492. The largest absolute Gasteiger partial charge is 0.404 e. The Morgan fingerprint density at radius 3 is 2.50 bits per heavy atom. The molecule has 0 aliphatic carbocycles. The summed E-state index contributed by atoms with van der Waals surface area (Å²) in [5.74, 6) is 0. The molecule has 0 unspecified atom stereocenters. The summed E-state index contributed by atoms with van der Waals surface area (Å²) < 4.78 is 3.27. The zero-order valence-electron chi connectivity index (χ0n) is 6.04. The molecule has 0 bridgehead atoms. The quantitative estimate of drug-likeness (QED) is 0.425. The molecule has 0 saturated heterocycles. The van der Waals surface area contributed by atoms with E-state index in [9.17, 15) is 0 Å². The van der Waals surface area contributed by atoms with Crippen LogP contribution in [-0.2, 0) is 0 Å². The van der Waals surface area contributed by atoms with Crippen LogP contribution in [0.1, 0.15) is 32.6 Å². The maximum absolute atomic E-state index is 3.27. The predicted octanol–water partition coefficient (Wildman–Crippen LogP) is 0.704. The van der Waals surface area contributed by atoms with E-state index in [0.29, 0.717) is 0 Å². The van der Waals surface area contributed by atoms with Crippen LogP contribution in [0.5, 0.6) is 0 Å². The minimum absolute atomic E-state index is 1.16. The molecule has 8 heavy (non-hydrogen) atoms. The van der Waals surface area contributed by atoms with Crippen LogP contribution in [0, 0.1) is 0 Å². The van der Waals surface area contributed by atoms with Gasteiger partial charge in [-0.15, -0.1) is 0 Å². The van der Waals surface area contributed by atoms with E-state index in [2.05, 4.69) is 11.2 Å². The molecule has 0 heterocycles. The van der Waals surface area contributed by atoms with Crippen molar-refractivity contribution in [3.63, 3.8) is 0 Å². The molecule has 0 aromatic heterocycles. The standard InChI is InChI=1S/C6H14N.Al.2H/c1-2-3-4-5-6-7;;;/h7H,2-6H2,1H3;;;/q-1;+1;;. The summed E-state index contributed by atoms with van der Waals surface area (Å²) in [6, 6.07) is 0. The summed E-state index contributed by atoms with van der Waals surface area (Å²) in [6.07, 6.45) is 5.54. The third kappa shape index (κ3) is 6.49. The fourth-order valence-corrected chi connectivity index (χ4v) is 1.08. The van der Waals surface area contributed by atoms with Gasteiger partial charge in [0.15, 0.2) is 0 Å². The molecule has 0 rings (SSSR count). The molecule has 0 radical (unpaired) electrons. The van der Waals surface area contributed by atoms with Gasteiger partial charge in [0.1, 0.15) is 0 Å². The summed E-state index contributed by atoms with van der Waals surface area (Å²) in [7, 11) is 0. The lowest BCUT2D eigenvalue weighted by Crippen LogP contribution is -2.09. The number of rotatable bonds is 5. The van der Waals surface area contributed by atoms with E-state index < -0.39 is 0 Å². The second-order valence-corrected chi connectivity index (χ2v) is 2.87. The van der Waals surface area contributed by atoms with Gasteiger partial charge in [-0.05, 0) is 13.0 Å². The number of hydrogen-bond donors (Lipinski definition) is 1. The smallest absolute Gasteiger partial charge is 0.318 e. The van der Waals surface area contributed by atoms with Crippen LogP contribution in [0.2, 0.25) is 0 Å². The molecule has 0 spiro atoms. The zero-order valence-corrected chi connectivity index (χ0v) is 8.04. The summed E-state index contributed by atoms with van der Waals surface area (Å²) in [5.41, 5.74) is 0. The summed E-state index contributed by atoms with van der Waals surface area (Å²) in [6.45, 7) is 3.49. The highest BCUT2D eigenvalue weighted by atomic mass is 27.1. The van der Waals surface area contributed by atoms with Crippen molar-refractivity contribution in [2.45, 2.75) is 32.6 Å². The molecule has 48 valence electrons. The molecule has 0 aliphatic rings. The van der Waals surface area contributed by atoms with Gasteiger partial charge in [-0.2, -0.15) is 0 Å². The first-order valence-corrected chi connectivity index (χ1v) is 4.56. The van der Waals surface area contributed by atoms with Gasteiger partial charge < -0.3 is 4.30 Å². The van der Waals surface area contributed by atoms with Crippen molar-refractivity contribution in [2.75, 3.05) is 6.54 Å². The molecule has 1 nitrogen and oxygen atoms in total. The Morgan fingerprint density at radius 2 is 2.00 bits per heavy atom. The third-order valence-corrected chi connectivity index (χ3v) is 1.78. The fraction of sp³-hybridized carbons (Fsp3) is 1.00. The highest BCUT2D eigenvalue weighted by Crippen LogP contribution is 1.96. The van der Waals surface area contributed by atoms with Crippen molar-refractivity contribution >= 4 is 16.5 Å². The number of unbranched alkanes of at least 4 members (excludes halogenated alkanes) is 3. The molecule has 2 heteroatoms. The van der Waals surface area contributed by atoms with Crippen molar-refractivity contribution < 1.29 is 0 Å². The first-order chi connectivity index (χ1) is 3.91. The van der Waals surface area contributed by atoms with Crippen molar-refractivity contribution in [2.24, 2.45) is 0 Å². The van der Waals surface area contributed by atoms with Gasteiger partial charge in [-0.3, -0.25) is 0 Å². The predicted molar refractivity (Wildman–Crippen MR) is 40.7 cm³/mol. The normalized spacial score (nSPS) is 9.62. The van der Waals surface area contributed by atoms with Gasteiger partial charge in [-0.25, -0.2) is 0 Å². The lowest BCUT2D eigenvalue weighted by Gasteiger charge is -1.96. The zero-order chi connectivity index (χ0) is 6.24. The topological polar surface area (TPSA) is 12.0 Å². The van der Waals surface area contributed by atoms with E-state index in [1.54, 1.807) is 0 Å². The van der Waals surface area contributed by atoms with Crippen LogP contribution >= 0.6 is 0 Å². The lowest BCUT2D eigenvalue weighted by atomic mass is 10.2. The Kier molecular flexibility index (Phi) is 7.95. The molecular formula is C6H16AlN. The molecular weight excluding hydrogens is 113 g/mol. The summed E-state index contributed by atoms with van der Waals surface area (Å²) in [4.78, 5) is 0. The van der Waals surface area contributed by atoms with E-state index in [0.717, 1.165) is 16.5 Å². The fourth-order valence-electron chi connectivity index (χ4n) is 0.729. The van der Waals surface area contributed by atoms with Gasteiger partial charge in [0, 0.05) is 0 Å². The maximum atomic E-state index is 3.27. The minimum Gasteiger partial charge on any atom is -0.404 e. The lowest BCUT2D eigenvalue weighted by molar-refractivity contribution is 0.660. The SMILES string of the molecule is CCCCCC[NH][AlH2]. The Morgan fingerprint density at radius 1 is 1.25 bits per heavy atom. The first-order valence-electron chi connectivity index (χ1n) is 3.56. The Labute approximate surface area is 60.5 Å². The van der Waals surface area contributed by atoms with Crippen LogP contribution in [0.4, 0.5) is 0 Å². The van der Waals surface area contributed by atoms with Crippen LogP contribution in [0.15, 0.2) is 0 Å². The summed E-state index contributed by atoms with van der Waals surface area (Å²) >= 11 is 1.16. The third-order valence-electron chi connectivity index (χ3n) is 1.28. The van der Waals surface area contributed by atoms with Crippen molar-refractivity contribution in [3.05, 3.63) is 0 Å². The van der Waals surface area contributed by atoms with Crippen LogP contribution < -0.4 is 4.30 Å². The van der Waals surface area contributed by atoms with Crippen LogP contribution in [-0.4, -0.2) is 23.1 Å². The maximum Gasteiger partial charge on any atom is 0.318 e. The van der Waals surface area contributed by atoms with Crippen LogP contribution in [0.3, 0.4) is 0 Å². The van der Waals surface area contributed by atoms with Gasteiger partial charge in [0.05, 0.1) is 0 Å². The molecule has 0 fully saturated rings. The van der Waals surface area contributed by atoms with Gasteiger partial charge in [0.2, 0.25) is 0 Å². The van der Waals surface area contributed by atoms with Crippen LogP contribution in [0.25, 0.3) is 0 Å². The molecule has 0 amide bonds. The highest BCUT2D eigenvalue weighted by molar-refractivity contribution is 6.04. The number of hydrogen-bond acceptors (Lipinski definition) is 1. The second-order valence-electron chi connectivity index (χ2n) is 2.16. The van der Waals surface area contributed by atoms with E-state index in [1.807, 2.05) is 0 Å². The van der Waals surface area contributed by atoms with E-state index in [1.165, 1.54) is 32.2 Å². The molecule has 0 saturated carbocycles. The summed E-state index contributed by atoms with van der Waals surface area (Å²) in [5, 5.41) is 0. The second kappa shape index (κ2) is 7.49. The molecule has 1 N–H and O–H groups in total. The average molecular weight is 129 g/mol. The van der Waals surface area contributed by atoms with Crippen molar-refractivity contribution in [3.8, 4) is 0 Å².